The van der Waals surface area contributed by atoms with Crippen LogP contribution in [0.25, 0.3) is 0 Å². The van der Waals surface area contributed by atoms with E-state index in [2.05, 4.69) is 18.7 Å². The van der Waals surface area contributed by atoms with Gasteiger partial charge in [-0.05, 0) is 31.7 Å². The number of nitrogens with zero attached hydrogens (tertiary/aromatic N) is 1. The summed E-state index contributed by atoms with van der Waals surface area (Å²) in [5.74, 6) is 0.878. The summed E-state index contributed by atoms with van der Waals surface area (Å²) in [6.45, 7) is 8.12. The highest BCUT2D eigenvalue weighted by molar-refractivity contribution is 4.73. The molecule has 2 atom stereocenters. The van der Waals surface area contributed by atoms with Gasteiger partial charge in [-0.25, -0.2) is 0 Å². The normalized spacial score (nSPS) is 28.8. The van der Waals surface area contributed by atoms with Crippen LogP contribution in [0.2, 0.25) is 0 Å². The van der Waals surface area contributed by atoms with Gasteiger partial charge < -0.3 is 10.6 Å². The fraction of sp³-hybridized carbons (Fsp3) is 1.00. The third-order valence-corrected chi connectivity index (χ3v) is 2.76. The fourth-order valence-electron chi connectivity index (χ4n) is 1.91. The van der Waals surface area contributed by atoms with Gasteiger partial charge in [0, 0.05) is 19.1 Å². The molecular weight excluding hydrogens is 148 g/mol. The summed E-state index contributed by atoms with van der Waals surface area (Å²) < 4.78 is 0. The molecule has 0 aromatic rings. The van der Waals surface area contributed by atoms with Gasteiger partial charge >= 0.3 is 0 Å². The summed E-state index contributed by atoms with van der Waals surface area (Å²) in [4.78, 5) is 2.52. The Morgan fingerprint density at radius 2 is 2.33 bits per heavy atom. The summed E-state index contributed by atoms with van der Waals surface area (Å²) in [6.07, 6.45) is 3.86. The molecule has 1 fully saturated rings. The molecule has 0 aliphatic carbocycles. The maximum atomic E-state index is 5.91. The highest BCUT2D eigenvalue weighted by Crippen LogP contribution is 2.15. The van der Waals surface area contributed by atoms with Crippen LogP contribution in [0.4, 0.5) is 0 Å². The molecule has 72 valence electrons. The van der Waals surface area contributed by atoms with E-state index in [0.717, 1.165) is 18.9 Å². The minimum atomic E-state index is 0.385. The zero-order chi connectivity index (χ0) is 8.97. The maximum absolute atomic E-state index is 5.91. The second-order valence-electron chi connectivity index (χ2n) is 4.18. The first-order valence-electron chi connectivity index (χ1n) is 5.20. The van der Waals surface area contributed by atoms with Gasteiger partial charge in [0.25, 0.3) is 0 Å². The number of piperidine rings is 1. The average molecular weight is 170 g/mol. The maximum Gasteiger partial charge on any atom is 0.0165 e. The summed E-state index contributed by atoms with van der Waals surface area (Å²) in [6, 6.07) is 0.385. The van der Waals surface area contributed by atoms with Crippen molar-refractivity contribution in [2.24, 2.45) is 11.7 Å². The lowest BCUT2D eigenvalue weighted by molar-refractivity contribution is 0.173. The Bertz CT molecular complexity index is 125. The molecule has 0 unspecified atom stereocenters. The largest absolute Gasteiger partial charge is 0.327 e. The number of rotatable bonds is 3. The van der Waals surface area contributed by atoms with Gasteiger partial charge in [0.2, 0.25) is 0 Å². The fourth-order valence-corrected chi connectivity index (χ4v) is 1.91. The smallest absolute Gasteiger partial charge is 0.0165 e. The van der Waals surface area contributed by atoms with Gasteiger partial charge in [-0.3, -0.25) is 0 Å². The van der Waals surface area contributed by atoms with E-state index in [1.807, 2.05) is 0 Å². The highest BCUT2D eigenvalue weighted by atomic mass is 15.1. The molecule has 1 saturated heterocycles. The van der Waals surface area contributed by atoms with Crippen LogP contribution in [0, 0.1) is 5.92 Å². The van der Waals surface area contributed by atoms with Crippen LogP contribution < -0.4 is 5.73 Å². The first-order chi connectivity index (χ1) is 5.72. The van der Waals surface area contributed by atoms with Gasteiger partial charge in [-0.2, -0.15) is 0 Å². The monoisotopic (exact) mass is 170 g/mol. The van der Waals surface area contributed by atoms with Crippen molar-refractivity contribution >= 4 is 0 Å². The van der Waals surface area contributed by atoms with Crippen molar-refractivity contribution in [3.63, 3.8) is 0 Å². The lowest BCUT2D eigenvalue weighted by Crippen LogP contribution is -2.42. The molecule has 1 rings (SSSR count). The van der Waals surface area contributed by atoms with E-state index >= 15 is 0 Å². The van der Waals surface area contributed by atoms with Crippen molar-refractivity contribution < 1.29 is 0 Å². The van der Waals surface area contributed by atoms with E-state index in [4.69, 9.17) is 5.73 Å². The Hall–Kier alpha value is -0.0800. The molecule has 1 aliphatic rings. The summed E-state index contributed by atoms with van der Waals surface area (Å²) in [7, 11) is 0. The lowest BCUT2D eigenvalue weighted by atomic mass is 10.00. The minimum Gasteiger partial charge on any atom is -0.327 e. The second kappa shape index (κ2) is 4.83. The van der Waals surface area contributed by atoms with Crippen molar-refractivity contribution in [2.75, 3.05) is 19.6 Å². The Kier molecular flexibility index (Phi) is 4.02. The van der Waals surface area contributed by atoms with Crippen molar-refractivity contribution in [3.8, 4) is 0 Å². The minimum absolute atomic E-state index is 0.385. The van der Waals surface area contributed by atoms with Crippen molar-refractivity contribution in [1.29, 1.82) is 0 Å². The van der Waals surface area contributed by atoms with Crippen LogP contribution >= 0.6 is 0 Å². The first kappa shape index (κ1) is 10.0. The molecule has 0 aromatic carbocycles. The molecule has 2 nitrogen and oxygen atoms in total. The second-order valence-corrected chi connectivity index (χ2v) is 4.18. The number of likely N-dealkylation sites (tertiary alicyclic amines) is 1. The zero-order valence-electron chi connectivity index (χ0n) is 8.42. The Labute approximate surface area is 76.1 Å². The quantitative estimate of drug-likeness (QED) is 0.694. The van der Waals surface area contributed by atoms with Gasteiger partial charge in [-0.1, -0.05) is 13.8 Å². The van der Waals surface area contributed by atoms with Gasteiger partial charge in [0.1, 0.15) is 0 Å². The SMILES string of the molecule is CC[C@H](N)CN1CCC[C@H](C)C1. The van der Waals surface area contributed by atoms with Gasteiger partial charge in [0.15, 0.2) is 0 Å². The Balaban J connectivity index is 2.22. The Morgan fingerprint density at radius 3 is 2.92 bits per heavy atom. The third kappa shape index (κ3) is 3.11. The highest BCUT2D eigenvalue weighted by Gasteiger charge is 2.17. The molecule has 2 N–H and O–H groups in total. The van der Waals surface area contributed by atoms with Gasteiger partial charge in [-0.15, -0.1) is 0 Å². The van der Waals surface area contributed by atoms with Crippen molar-refractivity contribution in [3.05, 3.63) is 0 Å². The van der Waals surface area contributed by atoms with Crippen LogP contribution in [0.5, 0.6) is 0 Å². The van der Waals surface area contributed by atoms with E-state index in [0.29, 0.717) is 6.04 Å². The summed E-state index contributed by atoms with van der Waals surface area (Å²) >= 11 is 0. The van der Waals surface area contributed by atoms with Crippen molar-refractivity contribution in [2.45, 2.75) is 39.2 Å². The molecule has 1 heterocycles. The molecule has 12 heavy (non-hydrogen) atoms. The van der Waals surface area contributed by atoms with E-state index < -0.39 is 0 Å². The predicted molar refractivity (Wildman–Crippen MR) is 53.1 cm³/mol. The standard InChI is InChI=1S/C10H22N2/c1-3-10(11)8-12-6-4-5-9(2)7-12/h9-10H,3-8,11H2,1-2H3/t9-,10-/m0/s1. The van der Waals surface area contributed by atoms with Crippen LogP contribution in [0.15, 0.2) is 0 Å². The van der Waals surface area contributed by atoms with Crippen LogP contribution in [-0.4, -0.2) is 30.6 Å². The topological polar surface area (TPSA) is 29.3 Å². The molecule has 0 aromatic heterocycles. The molecular formula is C10H22N2. The van der Waals surface area contributed by atoms with E-state index in [1.165, 1.54) is 25.9 Å². The lowest BCUT2D eigenvalue weighted by Gasteiger charge is -2.32. The van der Waals surface area contributed by atoms with Gasteiger partial charge in [0.05, 0.1) is 0 Å². The summed E-state index contributed by atoms with van der Waals surface area (Å²) in [5.41, 5.74) is 5.91. The molecule has 2 heteroatoms. The van der Waals surface area contributed by atoms with Crippen LogP contribution in [-0.2, 0) is 0 Å². The third-order valence-electron chi connectivity index (χ3n) is 2.76. The molecule has 0 amide bonds. The van der Waals surface area contributed by atoms with Crippen LogP contribution in [0.3, 0.4) is 0 Å². The van der Waals surface area contributed by atoms with E-state index in [9.17, 15) is 0 Å². The number of hydrogen-bond donors (Lipinski definition) is 1. The van der Waals surface area contributed by atoms with Crippen LogP contribution in [0.1, 0.15) is 33.1 Å². The van der Waals surface area contributed by atoms with Crippen molar-refractivity contribution in [1.82, 2.24) is 4.90 Å². The predicted octanol–water partition coefficient (Wildman–Crippen LogP) is 1.46. The van der Waals surface area contributed by atoms with E-state index in [1.54, 1.807) is 0 Å². The molecule has 0 bridgehead atoms. The average Bonchev–Trinajstić information content (AvgIpc) is 2.04. The number of nitrogens with two attached hydrogens (primary N) is 1. The van der Waals surface area contributed by atoms with E-state index in [-0.39, 0.29) is 0 Å². The number of hydrogen-bond acceptors (Lipinski definition) is 2. The molecule has 1 aliphatic heterocycles. The molecule has 0 spiro atoms. The molecule has 0 saturated carbocycles. The zero-order valence-corrected chi connectivity index (χ0v) is 8.42. The Morgan fingerprint density at radius 1 is 1.58 bits per heavy atom. The molecule has 0 radical (unpaired) electrons. The first-order valence-corrected chi connectivity index (χ1v) is 5.20. The summed E-state index contributed by atoms with van der Waals surface area (Å²) in [5, 5.41) is 0.